The second kappa shape index (κ2) is 6.10. The molecule has 2 aromatic carbocycles. The molecule has 0 saturated carbocycles. The number of rotatable bonds is 4. The first-order chi connectivity index (χ1) is 9.51. The third-order valence-corrected chi connectivity index (χ3v) is 3.72. The largest absolute Gasteiger partial charge is 0.457 e. The summed E-state index contributed by atoms with van der Waals surface area (Å²) in [4.78, 5) is 0. The average molecular weight is 269 g/mol. The van der Waals surface area contributed by atoms with Gasteiger partial charge in [-0.1, -0.05) is 25.1 Å². The van der Waals surface area contributed by atoms with Gasteiger partial charge in [0.05, 0.1) is 0 Å². The second-order valence-electron chi connectivity index (χ2n) is 5.39. The fourth-order valence-corrected chi connectivity index (χ4v) is 2.28. The first kappa shape index (κ1) is 14.6. The van der Waals surface area contributed by atoms with E-state index in [9.17, 15) is 0 Å². The summed E-state index contributed by atoms with van der Waals surface area (Å²) in [6, 6.07) is 12.4. The van der Waals surface area contributed by atoms with Crippen molar-refractivity contribution in [3.63, 3.8) is 0 Å². The minimum absolute atomic E-state index is 0.0684. The van der Waals surface area contributed by atoms with Crippen LogP contribution < -0.4 is 10.5 Å². The molecule has 0 spiro atoms. The highest BCUT2D eigenvalue weighted by molar-refractivity contribution is 5.45. The SMILES string of the molecule is CCC(N)c1cccc(Oc2cc(C)cc(C)c2C)c1. The molecule has 0 aliphatic rings. The molecule has 1 atom stereocenters. The average Bonchev–Trinajstić information content (AvgIpc) is 2.43. The Labute approximate surface area is 121 Å². The Kier molecular flexibility index (Phi) is 4.46. The molecule has 2 heteroatoms. The topological polar surface area (TPSA) is 35.2 Å². The van der Waals surface area contributed by atoms with Crippen LogP contribution in [-0.4, -0.2) is 0 Å². The quantitative estimate of drug-likeness (QED) is 0.864. The van der Waals surface area contributed by atoms with E-state index in [1.165, 1.54) is 16.7 Å². The molecule has 20 heavy (non-hydrogen) atoms. The molecule has 2 aromatic rings. The van der Waals surface area contributed by atoms with E-state index < -0.39 is 0 Å². The molecule has 2 rings (SSSR count). The lowest BCUT2D eigenvalue weighted by atomic mass is 10.0. The fourth-order valence-electron chi connectivity index (χ4n) is 2.28. The van der Waals surface area contributed by atoms with E-state index in [2.05, 4.69) is 45.9 Å². The molecule has 0 aliphatic heterocycles. The molecule has 0 bridgehead atoms. The van der Waals surface area contributed by atoms with Crippen molar-refractivity contribution in [3.8, 4) is 11.5 Å². The lowest BCUT2D eigenvalue weighted by Gasteiger charge is -2.14. The van der Waals surface area contributed by atoms with Crippen molar-refractivity contribution in [2.45, 2.75) is 40.2 Å². The van der Waals surface area contributed by atoms with Gasteiger partial charge in [-0.3, -0.25) is 0 Å². The molecule has 0 saturated heterocycles. The van der Waals surface area contributed by atoms with Gasteiger partial charge in [-0.15, -0.1) is 0 Å². The molecule has 2 N–H and O–H groups in total. The smallest absolute Gasteiger partial charge is 0.130 e. The molecule has 0 heterocycles. The van der Waals surface area contributed by atoms with Crippen LogP contribution in [0.1, 0.15) is 41.6 Å². The summed E-state index contributed by atoms with van der Waals surface area (Å²) in [6.07, 6.45) is 0.923. The van der Waals surface area contributed by atoms with Crippen LogP contribution in [0.2, 0.25) is 0 Å². The van der Waals surface area contributed by atoms with Gasteiger partial charge in [-0.2, -0.15) is 0 Å². The van der Waals surface area contributed by atoms with E-state index in [1.54, 1.807) is 0 Å². The first-order valence-corrected chi connectivity index (χ1v) is 7.12. The molecule has 0 radical (unpaired) electrons. The Morgan fingerprint density at radius 1 is 1.10 bits per heavy atom. The molecular weight excluding hydrogens is 246 g/mol. The number of hydrogen-bond donors (Lipinski definition) is 1. The van der Waals surface area contributed by atoms with Gasteiger partial charge in [-0.25, -0.2) is 0 Å². The summed E-state index contributed by atoms with van der Waals surface area (Å²) in [5.74, 6) is 1.77. The lowest BCUT2D eigenvalue weighted by Crippen LogP contribution is -2.08. The van der Waals surface area contributed by atoms with Crippen molar-refractivity contribution in [1.82, 2.24) is 0 Å². The Balaban J connectivity index is 2.31. The predicted molar refractivity (Wildman–Crippen MR) is 84.4 cm³/mol. The van der Waals surface area contributed by atoms with Gasteiger partial charge in [0, 0.05) is 6.04 Å². The number of nitrogens with two attached hydrogens (primary N) is 1. The minimum Gasteiger partial charge on any atom is -0.457 e. The first-order valence-electron chi connectivity index (χ1n) is 7.12. The number of benzene rings is 2. The maximum atomic E-state index is 6.08. The molecule has 1 unspecified atom stereocenters. The van der Waals surface area contributed by atoms with Gasteiger partial charge in [0.15, 0.2) is 0 Å². The highest BCUT2D eigenvalue weighted by Gasteiger charge is 2.08. The van der Waals surface area contributed by atoms with Crippen molar-refractivity contribution in [2.24, 2.45) is 5.73 Å². The zero-order valence-electron chi connectivity index (χ0n) is 12.7. The summed E-state index contributed by atoms with van der Waals surface area (Å²) in [7, 11) is 0. The van der Waals surface area contributed by atoms with Gasteiger partial charge >= 0.3 is 0 Å². The highest BCUT2D eigenvalue weighted by Crippen LogP contribution is 2.29. The zero-order valence-corrected chi connectivity index (χ0v) is 12.7. The standard InChI is InChI=1S/C18H23NO/c1-5-17(19)15-7-6-8-16(11-15)20-18-10-12(2)9-13(3)14(18)4/h6-11,17H,5,19H2,1-4H3. The van der Waals surface area contributed by atoms with Crippen molar-refractivity contribution in [3.05, 3.63) is 58.7 Å². The normalized spacial score (nSPS) is 12.2. The van der Waals surface area contributed by atoms with Crippen LogP contribution in [0.25, 0.3) is 0 Å². The summed E-state index contributed by atoms with van der Waals surface area (Å²) in [5, 5.41) is 0. The van der Waals surface area contributed by atoms with E-state index in [-0.39, 0.29) is 6.04 Å². The number of hydrogen-bond acceptors (Lipinski definition) is 2. The molecule has 2 nitrogen and oxygen atoms in total. The van der Waals surface area contributed by atoms with Crippen LogP contribution in [0.4, 0.5) is 0 Å². The maximum absolute atomic E-state index is 6.08. The molecule has 0 amide bonds. The number of ether oxygens (including phenoxy) is 1. The van der Waals surface area contributed by atoms with Crippen LogP contribution in [0.5, 0.6) is 11.5 Å². The van der Waals surface area contributed by atoms with Crippen LogP contribution in [0, 0.1) is 20.8 Å². The van der Waals surface area contributed by atoms with Crippen molar-refractivity contribution in [2.75, 3.05) is 0 Å². The monoisotopic (exact) mass is 269 g/mol. The second-order valence-corrected chi connectivity index (χ2v) is 5.39. The van der Waals surface area contributed by atoms with E-state index in [4.69, 9.17) is 10.5 Å². The van der Waals surface area contributed by atoms with Crippen molar-refractivity contribution >= 4 is 0 Å². The Hall–Kier alpha value is -1.80. The Bertz CT molecular complexity index is 604. The van der Waals surface area contributed by atoms with Crippen molar-refractivity contribution in [1.29, 1.82) is 0 Å². The van der Waals surface area contributed by atoms with Gasteiger partial charge in [0.25, 0.3) is 0 Å². The van der Waals surface area contributed by atoms with Gasteiger partial charge in [0.2, 0.25) is 0 Å². The zero-order chi connectivity index (χ0) is 14.7. The maximum Gasteiger partial charge on any atom is 0.130 e. The Morgan fingerprint density at radius 3 is 2.55 bits per heavy atom. The highest BCUT2D eigenvalue weighted by atomic mass is 16.5. The third-order valence-electron chi connectivity index (χ3n) is 3.72. The van der Waals surface area contributed by atoms with Crippen LogP contribution in [0.3, 0.4) is 0 Å². The van der Waals surface area contributed by atoms with Crippen LogP contribution in [-0.2, 0) is 0 Å². The van der Waals surface area contributed by atoms with Gasteiger partial charge < -0.3 is 10.5 Å². The lowest BCUT2D eigenvalue weighted by molar-refractivity contribution is 0.476. The fraction of sp³-hybridized carbons (Fsp3) is 0.333. The molecular formula is C18H23NO. The van der Waals surface area contributed by atoms with Crippen LogP contribution in [0.15, 0.2) is 36.4 Å². The third kappa shape index (κ3) is 3.20. The molecule has 0 aliphatic carbocycles. The van der Waals surface area contributed by atoms with E-state index >= 15 is 0 Å². The minimum atomic E-state index is 0.0684. The Morgan fingerprint density at radius 2 is 1.85 bits per heavy atom. The van der Waals surface area contributed by atoms with E-state index in [0.717, 1.165) is 23.5 Å². The molecule has 0 aromatic heterocycles. The predicted octanol–water partition coefficient (Wildman–Crippen LogP) is 4.81. The van der Waals surface area contributed by atoms with E-state index in [1.807, 2.05) is 18.2 Å². The molecule has 0 fully saturated rings. The summed E-state index contributed by atoms with van der Waals surface area (Å²) in [6.45, 7) is 8.37. The summed E-state index contributed by atoms with van der Waals surface area (Å²) in [5.41, 5.74) is 10.8. The summed E-state index contributed by atoms with van der Waals surface area (Å²) >= 11 is 0. The van der Waals surface area contributed by atoms with Gasteiger partial charge in [0.1, 0.15) is 11.5 Å². The van der Waals surface area contributed by atoms with Crippen LogP contribution >= 0.6 is 0 Å². The van der Waals surface area contributed by atoms with Gasteiger partial charge in [-0.05, 0) is 67.6 Å². The summed E-state index contributed by atoms with van der Waals surface area (Å²) < 4.78 is 6.05. The van der Waals surface area contributed by atoms with E-state index in [0.29, 0.717) is 0 Å². The number of aryl methyl sites for hydroxylation is 2. The molecule has 106 valence electrons. The van der Waals surface area contributed by atoms with Crippen molar-refractivity contribution < 1.29 is 4.74 Å².